The van der Waals surface area contributed by atoms with Crippen molar-refractivity contribution in [2.45, 2.75) is 33.0 Å². The van der Waals surface area contributed by atoms with Gasteiger partial charge in [-0.05, 0) is 44.2 Å². The molecule has 0 aliphatic carbocycles. The second kappa shape index (κ2) is 9.25. The van der Waals surface area contributed by atoms with Gasteiger partial charge in [0.1, 0.15) is 5.82 Å². The van der Waals surface area contributed by atoms with Crippen molar-refractivity contribution in [1.82, 2.24) is 20.5 Å². The zero-order chi connectivity index (χ0) is 21.8. The smallest absolute Gasteiger partial charge is 0.157 e. The number of ether oxygens (including phenoxy) is 1. The number of aromatic nitrogens is 3. The van der Waals surface area contributed by atoms with Gasteiger partial charge in [0, 0.05) is 36.6 Å². The lowest BCUT2D eigenvalue weighted by Gasteiger charge is -2.34. The molecular weight excluding hydrogens is 390 g/mol. The normalized spacial score (nSPS) is 16.3. The number of rotatable bonds is 6. The Bertz CT molecular complexity index is 1120. The van der Waals surface area contributed by atoms with Crippen molar-refractivity contribution < 1.29 is 4.74 Å². The fourth-order valence-corrected chi connectivity index (χ4v) is 3.92. The molecule has 3 heterocycles. The first-order valence-electron chi connectivity index (χ1n) is 10.5. The zero-order valence-electron chi connectivity index (χ0n) is 18.1. The molecule has 1 aromatic carbocycles. The van der Waals surface area contributed by atoms with E-state index in [1.54, 1.807) is 0 Å². The molecule has 1 saturated heterocycles. The van der Waals surface area contributed by atoms with Gasteiger partial charge in [-0.25, -0.2) is 4.98 Å². The number of benzene rings is 1. The summed E-state index contributed by atoms with van der Waals surface area (Å²) in [5.41, 5.74) is 3.59. The van der Waals surface area contributed by atoms with Crippen LogP contribution in [0.25, 0.3) is 10.8 Å². The van der Waals surface area contributed by atoms with E-state index >= 15 is 0 Å². The molecule has 1 fully saturated rings. The number of anilines is 2. The molecule has 2 aromatic heterocycles. The average Bonchev–Trinajstić information content (AvgIpc) is 2.79. The van der Waals surface area contributed by atoms with Crippen LogP contribution in [0.1, 0.15) is 29.3 Å². The molecule has 0 spiro atoms. The number of pyridine rings is 1. The number of fused-ring (bicyclic) bond motifs is 1. The highest BCUT2D eigenvalue weighted by atomic mass is 16.5. The van der Waals surface area contributed by atoms with Crippen LogP contribution in [0.3, 0.4) is 0 Å². The predicted molar refractivity (Wildman–Crippen MR) is 121 cm³/mol. The van der Waals surface area contributed by atoms with Crippen LogP contribution in [0.5, 0.6) is 0 Å². The summed E-state index contributed by atoms with van der Waals surface area (Å²) < 4.78 is 5.58. The second-order valence-electron chi connectivity index (χ2n) is 7.79. The van der Waals surface area contributed by atoms with Gasteiger partial charge in [0.25, 0.3) is 0 Å². The quantitative estimate of drug-likeness (QED) is 0.632. The van der Waals surface area contributed by atoms with Crippen molar-refractivity contribution in [2.24, 2.45) is 0 Å². The Morgan fingerprint density at radius 1 is 1.26 bits per heavy atom. The van der Waals surface area contributed by atoms with E-state index in [-0.39, 0.29) is 6.04 Å². The van der Waals surface area contributed by atoms with E-state index in [1.165, 1.54) is 0 Å². The number of nitrogens with zero attached hydrogens (tertiary/aromatic N) is 5. The summed E-state index contributed by atoms with van der Waals surface area (Å²) in [5.74, 6) is 1.62. The lowest BCUT2D eigenvalue weighted by Crippen LogP contribution is -2.44. The third-order valence-electron chi connectivity index (χ3n) is 5.75. The van der Waals surface area contributed by atoms with Crippen LogP contribution < -0.4 is 15.5 Å². The van der Waals surface area contributed by atoms with E-state index in [0.29, 0.717) is 37.7 Å². The molecule has 1 atom stereocenters. The zero-order valence-corrected chi connectivity index (χ0v) is 18.1. The van der Waals surface area contributed by atoms with Gasteiger partial charge >= 0.3 is 0 Å². The molecule has 0 radical (unpaired) electrons. The summed E-state index contributed by atoms with van der Waals surface area (Å²) in [4.78, 5) is 7.00. The first-order valence-corrected chi connectivity index (χ1v) is 10.5. The molecule has 1 aliphatic heterocycles. The standard InChI is InChI=1S/C23H27N7O/c1-15-14-31-8-7-30(15)22-9-19-20(12-26-22)21(13-25-3)28-29-23(19)27-11-18-6-4-5-17(10-24)16(18)2/h4-6,9,12,15,25H,7-8,11,13-14H2,1-3H3,(H,27,29)/t15-/m1/s1. The maximum Gasteiger partial charge on any atom is 0.157 e. The first-order chi connectivity index (χ1) is 15.1. The Kier molecular flexibility index (Phi) is 6.26. The number of nitrogens with one attached hydrogen (secondary N) is 2. The lowest BCUT2D eigenvalue weighted by molar-refractivity contribution is 0.0985. The molecule has 4 rings (SSSR count). The van der Waals surface area contributed by atoms with E-state index < -0.39 is 0 Å². The Balaban J connectivity index is 1.71. The molecule has 0 bridgehead atoms. The van der Waals surface area contributed by atoms with Crippen molar-refractivity contribution >= 4 is 22.4 Å². The Morgan fingerprint density at radius 2 is 2.13 bits per heavy atom. The maximum absolute atomic E-state index is 9.31. The van der Waals surface area contributed by atoms with E-state index in [2.05, 4.69) is 44.8 Å². The van der Waals surface area contributed by atoms with Crippen molar-refractivity contribution in [2.75, 3.05) is 37.0 Å². The number of hydrogen-bond acceptors (Lipinski definition) is 8. The third-order valence-corrected chi connectivity index (χ3v) is 5.75. The van der Waals surface area contributed by atoms with E-state index in [4.69, 9.17) is 9.72 Å². The fourth-order valence-electron chi connectivity index (χ4n) is 3.92. The van der Waals surface area contributed by atoms with Crippen molar-refractivity contribution in [3.05, 3.63) is 52.8 Å². The monoisotopic (exact) mass is 417 g/mol. The lowest BCUT2D eigenvalue weighted by atomic mass is 10.0. The molecular formula is C23H27N7O. The topological polar surface area (TPSA) is 99.0 Å². The minimum Gasteiger partial charge on any atom is -0.377 e. The third kappa shape index (κ3) is 4.29. The molecule has 1 aliphatic rings. The number of hydrogen-bond donors (Lipinski definition) is 2. The van der Waals surface area contributed by atoms with E-state index in [1.807, 2.05) is 38.4 Å². The van der Waals surface area contributed by atoms with Crippen LogP contribution in [0.15, 0.2) is 30.5 Å². The average molecular weight is 418 g/mol. The van der Waals surface area contributed by atoms with Crippen LogP contribution in [0, 0.1) is 18.3 Å². The second-order valence-corrected chi connectivity index (χ2v) is 7.79. The Hall–Kier alpha value is -3.28. The van der Waals surface area contributed by atoms with Gasteiger partial charge in [-0.1, -0.05) is 12.1 Å². The van der Waals surface area contributed by atoms with Crippen molar-refractivity contribution in [3.8, 4) is 6.07 Å². The SMILES string of the molecule is CNCc1nnc(NCc2cccc(C#N)c2C)c2cc(N3CCOC[C@H]3C)ncc12. The van der Waals surface area contributed by atoms with Gasteiger partial charge in [-0.3, -0.25) is 0 Å². The Labute approximate surface area is 182 Å². The highest BCUT2D eigenvalue weighted by Gasteiger charge is 2.21. The van der Waals surface area contributed by atoms with Gasteiger partial charge < -0.3 is 20.3 Å². The van der Waals surface area contributed by atoms with Crippen LogP contribution >= 0.6 is 0 Å². The number of morpholine rings is 1. The van der Waals surface area contributed by atoms with Gasteiger partial charge in [0.05, 0.1) is 36.6 Å². The van der Waals surface area contributed by atoms with Gasteiger partial charge in [0.2, 0.25) is 0 Å². The molecule has 3 aromatic rings. The maximum atomic E-state index is 9.31. The molecule has 160 valence electrons. The van der Waals surface area contributed by atoms with E-state index in [9.17, 15) is 5.26 Å². The highest BCUT2D eigenvalue weighted by molar-refractivity contribution is 5.94. The van der Waals surface area contributed by atoms with Crippen LogP contribution in [0.4, 0.5) is 11.6 Å². The van der Waals surface area contributed by atoms with Gasteiger partial charge in [0.15, 0.2) is 5.82 Å². The summed E-state index contributed by atoms with van der Waals surface area (Å²) in [6, 6.07) is 10.4. The van der Waals surface area contributed by atoms with Gasteiger partial charge in [-0.2, -0.15) is 10.4 Å². The molecule has 0 amide bonds. The number of nitriles is 1. The van der Waals surface area contributed by atoms with Crippen LogP contribution in [0.2, 0.25) is 0 Å². The molecule has 2 N–H and O–H groups in total. The Morgan fingerprint density at radius 3 is 2.90 bits per heavy atom. The molecule has 8 heteroatoms. The molecule has 8 nitrogen and oxygen atoms in total. The fraction of sp³-hybridized carbons (Fsp3) is 0.391. The predicted octanol–water partition coefficient (Wildman–Crippen LogP) is 2.76. The summed E-state index contributed by atoms with van der Waals surface area (Å²) in [6.07, 6.45) is 1.89. The summed E-state index contributed by atoms with van der Waals surface area (Å²) in [5, 5.41) is 26.7. The van der Waals surface area contributed by atoms with Crippen LogP contribution in [-0.2, 0) is 17.8 Å². The minimum absolute atomic E-state index is 0.262. The minimum atomic E-state index is 0.262. The molecule has 31 heavy (non-hydrogen) atoms. The first kappa shape index (κ1) is 21.0. The van der Waals surface area contributed by atoms with E-state index in [0.717, 1.165) is 40.0 Å². The van der Waals surface area contributed by atoms with Crippen LogP contribution in [-0.4, -0.2) is 48.0 Å². The van der Waals surface area contributed by atoms with Crippen molar-refractivity contribution in [3.63, 3.8) is 0 Å². The molecule has 0 unspecified atom stereocenters. The van der Waals surface area contributed by atoms with Crippen molar-refractivity contribution in [1.29, 1.82) is 5.26 Å². The summed E-state index contributed by atoms with van der Waals surface area (Å²) in [7, 11) is 1.89. The highest BCUT2D eigenvalue weighted by Crippen LogP contribution is 2.28. The summed E-state index contributed by atoms with van der Waals surface area (Å²) in [6.45, 7) is 7.49. The summed E-state index contributed by atoms with van der Waals surface area (Å²) >= 11 is 0. The molecule has 0 saturated carbocycles. The van der Waals surface area contributed by atoms with Gasteiger partial charge in [-0.15, -0.1) is 5.10 Å². The largest absolute Gasteiger partial charge is 0.377 e.